The van der Waals surface area contributed by atoms with E-state index < -0.39 is 0 Å². The monoisotopic (exact) mass is 247 g/mol. The van der Waals surface area contributed by atoms with E-state index in [1.54, 1.807) is 13.2 Å². The van der Waals surface area contributed by atoms with Crippen LogP contribution in [0.5, 0.6) is 5.75 Å². The Morgan fingerprint density at radius 1 is 1.35 bits per heavy atom. The fraction of sp³-hybridized carbons (Fsp3) is 0.154. The van der Waals surface area contributed by atoms with Crippen LogP contribution in [0.25, 0.3) is 0 Å². The highest BCUT2D eigenvalue weighted by Gasteiger charge is 2.08. The molecule has 4 heteroatoms. The molecule has 0 radical (unpaired) electrons. The van der Waals surface area contributed by atoms with Crippen molar-refractivity contribution in [1.29, 1.82) is 0 Å². The van der Waals surface area contributed by atoms with E-state index in [0.29, 0.717) is 4.88 Å². The summed E-state index contributed by atoms with van der Waals surface area (Å²) >= 11 is 1.43. The van der Waals surface area contributed by atoms with Crippen molar-refractivity contribution in [2.45, 2.75) is 6.92 Å². The Hall–Kier alpha value is -1.81. The zero-order valence-corrected chi connectivity index (χ0v) is 10.5. The molecule has 0 saturated heterocycles. The van der Waals surface area contributed by atoms with Crippen molar-refractivity contribution < 1.29 is 9.53 Å². The molecule has 0 atom stereocenters. The van der Waals surface area contributed by atoms with Gasteiger partial charge < -0.3 is 10.1 Å². The molecule has 2 rings (SSSR count). The highest BCUT2D eigenvalue weighted by Crippen LogP contribution is 2.22. The summed E-state index contributed by atoms with van der Waals surface area (Å²) in [5.41, 5.74) is 1.79. The third kappa shape index (κ3) is 2.65. The molecule has 0 aliphatic carbocycles. The van der Waals surface area contributed by atoms with Crippen molar-refractivity contribution in [2.75, 3.05) is 12.4 Å². The summed E-state index contributed by atoms with van der Waals surface area (Å²) in [7, 11) is 1.62. The van der Waals surface area contributed by atoms with Crippen LogP contribution in [0.4, 0.5) is 5.69 Å². The predicted octanol–water partition coefficient (Wildman–Crippen LogP) is 3.32. The fourth-order valence-corrected chi connectivity index (χ4v) is 2.11. The summed E-state index contributed by atoms with van der Waals surface area (Å²) in [4.78, 5) is 12.6. The molecule has 88 valence electrons. The minimum Gasteiger partial charge on any atom is -0.497 e. The third-order valence-corrected chi connectivity index (χ3v) is 3.30. The quantitative estimate of drug-likeness (QED) is 0.903. The summed E-state index contributed by atoms with van der Waals surface area (Å²) in [6.07, 6.45) is 0. The largest absolute Gasteiger partial charge is 0.497 e. The van der Waals surface area contributed by atoms with Gasteiger partial charge in [0.05, 0.1) is 12.0 Å². The first-order valence-electron chi connectivity index (χ1n) is 5.20. The number of amides is 1. The summed E-state index contributed by atoms with van der Waals surface area (Å²) in [5, 5.41) is 4.76. The van der Waals surface area contributed by atoms with Crippen LogP contribution in [0.15, 0.2) is 35.7 Å². The van der Waals surface area contributed by atoms with Crippen LogP contribution in [-0.4, -0.2) is 13.0 Å². The summed E-state index contributed by atoms with van der Waals surface area (Å²) in [6.45, 7) is 1.94. The Morgan fingerprint density at radius 2 is 2.18 bits per heavy atom. The molecule has 3 nitrogen and oxygen atoms in total. The van der Waals surface area contributed by atoms with Crippen molar-refractivity contribution in [3.8, 4) is 5.75 Å². The maximum atomic E-state index is 11.8. The number of nitrogens with one attached hydrogen (secondary N) is 1. The van der Waals surface area contributed by atoms with Crippen molar-refractivity contribution in [3.05, 3.63) is 46.2 Å². The number of aryl methyl sites for hydroxylation is 1. The van der Waals surface area contributed by atoms with Crippen molar-refractivity contribution in [3.63, 3.8) is 0 Å². The number of thiophene rings is 1. The van der Waals surface area contributed by atoms with E-state index in [9.17, 15) is 4.79 Å². The van der Waals surface area contributed by atoms with Gasteiger partial charge in [-0.2, -0.15) is 0 Å². The molecule has 2 aromatic rings. The lowest BCUT2D eigenvalue weighted by molar-refractivity contribution is 0.103. The summed E-state index contributed by atoms with van der Waals surface area (Å²) < 4.78 is 5.12. The van der Waals surface area contributed by atoms with Gasteiger partial charge in [0.2, 0.25) is 0 Å². The predicted molar refractivity (Wildman–Crippen MR) is 70.0 cm³/mol. The first kappa shape index (κ1) is 11.7. The Bertz CT molecular complexity index is 520. The van der Waals surface area contributed by atoms with Crippen LogP contribution < -0.4 is 10.1 Å². The minimum absolute atomic E-state index is 0.0757. The second-order valence-corrected chi connectivity index (χ2v) is 4.56. The molecule has 1 heterocycles. The van der Waals surface area contributed by atoms with Crippen molar-refractivity contribution in [1.82, 2.24) is 0 Å². The van der Waals surface area contributed by atoms with Crippen molar-refractivity contribution in [2.24, 2.45) is 0 Å². The Balaban J connectivity index is 2.16. The Morgan fingerprint density at radius 3 is 2.76 bits per heavy atom. The van der Waals surface area contributed by atoms with Crippen LogP contribution in [0.1, 0.15) is 15.2 Å². The first-order chi connectivity index (χ1) is 8.20. The number of anilines is 1. The lowest BCUT2D eigenvalue weighted by Crippen LogP contribution is -2.11. The summed E-state index contributed by atoms with van der Waals surface area (Å²) in [5.74, 6) is 0.713. The zero-order chi connectivity index (χ0) is 12.3. The van der Waals surface area contributed by atoms with Crippen LogP contribution in [0.3, 0.4) is 0 Å². The molecular formula is C13H13NO2S. The molecule has 0 aliphatic rings. The number of hydrogen-bond donors (Lipinski definition) is 1. The lowest BCUT2D eigenvalue weighted by atomic mass is 10.2. The number of carbonyl (C=O) groups is 1. The van der Waals surface area contributed by atoms with Crippen LogP contribution >= 0.6 is 11.3 Å². The van der Waals surface area contributed by atoms with Crippen LogP contribution in [0, 0.1) is 6.92 Å². The number of carbonyl (C=O) groups excluding carboxylic acids is 1. The molecule has 0 spiro atoms. The highest BCUT2D eigenvalue weighted by molar-refractivity contribution is 7.12. The maximum Gasteiger partial charge on any atom is 0.265 e. The maximum absolute atomic E-state index is 11.8. The number of hydrogen-bond acceptors (Lipinski definition) is 3. The third-order valence-electron chi connectivity index (χ3n) is 2.43. The molecule has 0 bridgehead atoms. The smallest absolute Gasteiger partial charge is 0.265 e. The van der Waals surface area contributed by atoms with E-state index in [4.69, 9.17) is 4.74 Å². The second-order valence-electron chi connectivity index (χ2n) is 3.61. The van der Waals surface area contributed by atoms with Gasteiger partial charge in [0, 0.05) is 5.69 Å². The molecule has 1 aromatic heterocycles. The van der Waals surface area contributed by atoms with Gasteiger partial charge >= 0.3 is 0 Å². The van der Waals surface area contributed by atoms with E-state index >= 15 is 0 Å². The average molecular weight is 247 g/mol. The SMILES string of the molecule is COc1ccc(NC(=O)c2cccs2)c(C)c1. The van der Waals surface area contributed by atoms with E-state index in [-0.39, 0.29) is 5.91 Å². The molecule has 0 unspecified atom stereocenters. The molecule has 1 aromatic carbocycles. The Kier molecular flexibility index (Phi) is 3.44. The van der Waals surface area contributed by atoms with Crippen LogP contribution in [-0.2, 0) is 0 Å². The topological polar surface area (TPSA) is 38.3 Å². The van der Waals surface area contributed by atoms with Gasteiger partial charge in [-0.05, 0) is 42.1 Å². The number of ether oxygens (including phenoxy) is 1. The summed E-state index contributed by atoms with van der Waals surface area (Å²) in [6, 6.07) is 9.24. The molecule has 17 heavy (non-hydrogen) atoms. The molecular weight excluding hydrogens is 234 g/mol. The van der Waals surface area contributed by atoms with E-state index in [1.165, 1.54) is 11.3 Å². The zero-order valence-electron chi connectivity index (χ0n) is 9.69. The van der Waals surface area contributed by atoms with Gasteiger partial charge in [0.15, 0.2) is 0 Å². The molecule has 0 aliphatic heterocycles. The highest BCUT2D eigenvalue weighted by atomic mass is 32.1. The van der Waals surface area contributed by atoms with E-state index in [0.717, 1.165) is 17.0 Å². The normalized spacial score (nSPS) is 10.0. The standard InChI is InChI=1S/C13H13NO2S/c1-9-8-10(16-2)5-6-11(9)14-13(15)12-4-3-7-17-12/h3-8H,1-2H3,(H,14,15). The van der Waals surface area contributed by atoms with Gasteiger partial charge in [-0.3, -0.25) is 4.79 Å². The van der Waals surface area contributed by atoms with Gasteiger partial charge in [-0.25, -0.2) is 0 Å². The van der Waals surface area contributed by atoms with Crippen LogP contribution in [0.2, 0.25) is 0 Å². The van der Waals surface area contributed by atoms with E-state index in [1.807, 2.05) is 36.6 Å². The molecule has 1 N–H and O–H groups in total. The van der Waals surface area contributed by atoms with Gasteiger partial charge in [0.1, 0.15) is 5.75 Å². The molecule has 1 amide bonds. The lowest BCUT2D eigenvalue weighted by Gasteiger charge is -2.08. The van der Waals surface area contributed by atoms with E-state index in [2.05, 4.69) is 5.32 Å². The molecule has 0 saturated carbocycles. The number of benzene rings is 1. The number of rotatable bonds is 3. The minimum atomic E-state index is -0.0757. The van der Waals surface area contributed by atoms with Crippen molar-refractivity contribution >= 4 is 22.9 Å². The molecule has 0 fully saturated rings. The van der Waals surface area contributed by atoms with Gasteiger partial charge in [-0.1, -0.05) is 6.07 Å². The number of methoxy groups -OCH3 is 1. The first-order valence-corrected chi connectivity index (χ1v) is 6.08. The van der Waals surface area contributed by atoms with Gasteiger partial charge in [-0.15, -0.1) is 11.3 Å². The Labute approximate surface area is 104 Å². The van der Waals surface area contributed by atoms with Gasteiger partial charge in [0.25, 0.3) is 5.91 Å². The fourth-order valence-electron chi connectivity index (χ4n) is 1.50. The average Bonchev–Trinajstić information content (AvgIpc) is 2.85. The second kappa shape index (κ2) is 5.01.